The summed E-state index contributed by atoms with van der Waals surface area (Å²) in [5, 5.41) is 23.9. The summed E-state index contributed by atoms with van der Waals surface area (Å²) in [6.45, 7) is 4.36. The first kappa shape index (κ1) is 20.7. The monoisotopic (exact) mass is 414 g/mol. The molecule has 0 aliphatic carbocycles. The molecule has 1 amide bonds. The van der Waals surface area contributed by atoms with Crippen molar-refractivity contribution < 1.29 is 19.6 Å². The van der Waals surface area contributed by atoms with Gasteiger partial charge in [0.05, 0.1) is 16.5 Å². The van der Waals surface area contributed by atoms with Crippen LogP contribution >= 0.6 is 11.3 Å². The number of Topliss-reactive ketones (excluding diaryl/α,β-unsaturated/α-hetero) is 1. The van der Waals surface area contributed by atoms with Crippen molar-refractivity contribution in [2.75, 3.05) is 6.54 Å². The summed E-state index contributed by atoms with van der Waals surface area (Å²) in [5.41, 5.74) is 0.852. The SMILES string of the molecule is CCCCCN1C(=O)C(=O)/C(=C(\O)c2cccc([N+](=O)[O-])c2)C1c1sccc1C. The fourth-order valence-corrected chi connectivity index (χ4v) is 4.55. The van der Waals surface area contributed by atoms with Gasteiger partial charge < -0.3 is 10.0 Å². The van der Waals surface area contributed by atoms with Crippen LogP contribution in [-0.2, 0) is 9.59 Å². The average molecular weight is 414 g/mol. The minimum Gasteiger partial charge on any atom is -0.507 e. The van der Waals surface area contributed by atoms with Crippen LogP contribution in [0.4, 0.5) is 5.69 Å². The number of carbonyl (C=O) groups is 2. The Morgan fingerprint density at radius 2 is 2.03 bits per heavy atom. The minimum atomic E-state index is -0.761. The first-order valence-corrected chi connectivity index (χ1v) is 10.3. The van der Waals surface area contributed by atoms with Crippen LogP contribution in [0.5, 0.6) is 0 Å². The standard InChI is InChI=1S/C21H22N2O5S/c1-3-4-5-10-22-17(20-13(2)9-11-29-20)16(19(25)21(22)26)18(24)14-7-6-8-15(12-14)23(27)28/h6-9,11-12,17,24H,3-5,10H2,1-2H3/b18-16-. The van der Waals surface area contributed by atoms with Gasteiger partial charge in [-0.1, -0.05) is 31.9 Å². The third-order valence-electron chi connectivity index (χ3n) is 5.02. The summed E-state index contributed by atoms with van der Waals surface area (Å²) in [4.78, 5) is 38.5. The van der Waals surface area contributed by atoms with Gasteiger partial charge in [-0.05, 0) is 30.4 Å². The number of non-ortho nitro benzene ring substituents is 1. The van der Waals surface area contributed by atoms with Crippen LogP contribution in [0.1, 0.15) is 48.2 Å². The van der Waals surface area contributed by atoms with E-state index in [9.17, 15) is 24.8 Å². The number of benzene rings is 1. The number of aliphatic hydroxyl groups is 1. The molecule has 1 aliphatic heterocycles. The van der Waals surface area contributed by atoms with Crippen molar-refractivity contribution >= 4 is 34.5 Å². The number of amides is 1. The summed E-state index contributed by atoms with van der Waals surface area (Å²) in [5.74, 6) is -1.79. The first-order chi connectivity index (χ1) is 13.9. The van der Waals surface area contributed by atoms with Crippen molar-refractivity contribution in [1.29, 1.82) is 0 Å². The van der Waals surface area contributed by atoms with Gasteiger partial charge in [-0.2, -0.15) is 0 Å². The van der Waals surface area contributed by atoms with E-state index in [0.29, 0.717) is 6.54 Å². The van der Waals surface area contributed by atoms with Crippen LogP contribution in [0.25, 0.3) is 5.76 Å². The van der Waals surface area contributed by atoms with Gasteiger partial charge in [-0.3, -0.25) is 19.7 Å². The lowest BCUT2D eigenvalue weighted by atomic mass is 9.98. The highest BCUT2D eigenvalue weighted by Gasteiger charge is 2.46. The van der Waals surface area contributed by atoms with E-state index in [1.54, 1.807) is 0 Å². The lowest BCUT2D eigenvalue weighted by molar-refractivity contribution is -0.384. The number of ketones is 1. The van der Waals surface area contributed by atoms with E-state index >= 15 is 0 Å². The number of aryl methyl sites for hydroxylation is 1. The minimum absolute atomic E-state index is 0.0162. The molecule has 3 rings (SSSR count). The Morgan fingerprint density at radius 3 is 2.66 bits per heavy atom. The van der Waals surface area contributed by atoms with Gasteiger partial charge in [0.15, 0.2) is 0 Å². The molecule has 29 heavy (non-hydrogen) atoms. The summed E-state index contributed by atoms with van der Waals surface area (Å²) in [7, 11) is 0. The quantitative estimate of drug-likeness (QED) is 0.178. The van der Waals surface area contributed by atoms with Gasteiger partial charge in [0.1, 0.15) is 5.76 Å². The van der Waals surface area contributed by atoms with E-state index in [4.69, 9.17) is 0 Å². The van der Waals surface area contributed by atoms with E-state index in [2.05, 4.69) is 6.92 Å². The molecule has 152 valence electrons. The Hall–Kier alpha value is -3.00. The van der Waals surface area contributed by atoms with E-state index in [-0.39, 0.29) is 22.6 Å². The number of rotatable bonds is 7. The molecule has 1 aromatic carbocycles. The lowest BCUT2D eigenvalue weighted by Gasteiger charge is -2.24. The van der Waals surface area contributed by atoms with Gasteiger partial charge in [-0.15, -0.1) is 11.3 Å². The molecule has 0 bridgehead atoms. The Labute approximate surface area is 172 Å². The Kier molecular flexibility index (Phi) is 6.12. The van der Waals surface area contributed by atoms with Crippen molar-refractivity contribution in [3.63, 3.8) is 0 Å². The molecule has 8 heteroatoms. The number of nitro groups is 1. The summed E-state index contributed by atoms with van der Waals surface area (Å²) in [6.07, 6.45) is 2.64. The molecule has 1 aliphatic rings. The van der Waals surface area contributed by atoms with Crippen molar-refractivity contribution in [2.24, 2.45) is 0 Å². The van der Waals surface area contributed by atoms with E-state index in [0.717, 1.165) is 29.7 Å². The molecule has 1 unspecified atom stereocenters. The van der Waals surface area contributed by atoms with Crippen LogP contribution in [0.2, 0.25) is 0 Å². The molecule has 2 aromatic rings. The third-order valence-corrected chi connectivity index (χ3v) is 6.09. The highest BCUT2D eigenvalue weighted by molar-refractivity contribution is 7.10. The maximum atomic E-state index is 12.9. The number of carbonyl (C=O) groups excluding carboxylic acids is 2. The van der Waals surface area contributed by atoms with Gasteiger partial charge >= 0.3 is 0 Å². The average Bonchev–Trinajstić information content (AvgIpc) is 3.23. The van der Waals surface area contributed by atoms with Crippen LogP contribution < -0.4 is 0 Å². The zero-order valence-electron chi connectivity index (χ0n) is 16.3. The van der Waals surface area contributed by atoms with Crippen molar-refractivity contribution in [1.82, 2.24) is 4.90 Å². The number of nitrogens with zero attached hydrogens (tertiary/aromatic N) is 2. The molecule has 1 N–H and O–H groups in total. The van der Waals surface area contributed by atoms with Gasteiger partial charge in [0.2, 0.25) is 0 Å². The number of thiophene rings is 1. The fourth-order valence-electron chi connectivity index (χ4n) is 3.50. The second-order valence-electron chi connectivity index (χ2n) is 6.97. The maximum Gasteiger partial charge on any atom is 0.295 e. The number of unbranched alkanes of at least 4 members (excludes halogenated alkanes) is 2. The van der Waals surface area contributed by atoms with Crippen molar-refractivity contribution in [2.45, 2.75) is 39.2 Å². The zero-order valence-corrected chi connectivity index (χ0v) is 17.1. The van der Waals surface area contributed by atoms with Gasteiger partial charge in [0.25, 0.3) is 17.4 Å². The molecule has 7 nitrogen and oxygen atoms in total. The van der Waals surface area contributed by atoms with Crippen LogP contribution in [-0.4, -0.2) is 33.2 Å². The second kappa shape index (κ2) is 8.57. The number of aliphatic hydroxyl groups excluding tert-OH is 1. The van der Waals surface area contributed by atoms with E-state index in [1.807, 2.05) is 18.4 Å². The number of hydrogen-bond donors (Lipinski definition) is 1. The molecular formula is C21H22N2O5S. The topological polar surface area (TPSA) is 101 Å². The van der Waals surface area contributed by atoms with E-state index in [1.165, 1.54) is 40.5 Å². The normalized spacial score (nSPS) is 18.4. The highest BCUT2D eigenvalue weighted by Crippen LogP contribution is 2.42. The first-order valence-electron chi connectivity index (χ1n) is 9.44. The van der Waals surface area contributed by atoms with Gasteiger partial charge in [-0.25, -0.2) is 0 Å². The zero-order chi connectivity index (χ0) is 21.1. The fraction of sp³-hybridized carbons (Fsp3) is 0.333. The molecular weight excluding hydrogens is 392 g/mol. The number of nitro benzene ring substituents is 1. The Balaban J connectivity index is 2.13. The van der Waals surface area contributed by atoms with Crippen LogP contribution in [0, 0.1) is 17.0 Å². The molecule has 1 atom stereocenters. The third kappa shape index (κ3) is 3.93. The lowest BCUT2D eigenvalue weighted by Crippen LogP contribution is -2.30. The highest BCUT2D eigenvalue weighted by atomic mass is 32.1. The maximum absolute atomic E-state index is 12.9. The van der Waals surface area contributed by atoms with Crippen LogP contribution in [0.3, 0.4) is 0 Å². The van der Waals surface area contributed by atoms with Gasteiger partial charge in [0, 0.05) is 29.1 Å². The predicted molar refractivity (Wildman–Crippen MR) is 111 cm³/mol. The molecule has 1 saturated heterocycles. The van der Waals surface area contributed by atoms with Crippen molar-refractivity contribution in [3.05, 3.63) is 67.4 Å². The molecule has 1 aromatic heterocycles. The molecule has 0 radical (unpaired) electrons. The molecule has 1 fully saturated rings. The summed E-state index contributed by atoms with van der Waals surface area (Å²) in [6, 6.07) is 6.66. The number of hydrogen-bond acceptors (Lipinski definition) is 6. The second-order valence-corrected chi connectivity index (χ2v) is 7.92. The number of likely N-dealkylation sites (tertiary alicyclic amines) is 1. The smallest absolute Gasteiger partial charge is 0.295 e. The Morgan fingerprint density at radius 1 is 1.28 bits per heavy atom. The molecule has 0 spiro atoms. The molecule has 0 saturated carbocycles. The van der Waals surface area contributed by atoms with Crippen molar-refractivity contribution in [3.8, 4) is 0 Å². The Bertz CT molecular complexity index is 994. The summed E-state index contributed by atoms with van der Waals surface area (Å²) >= 11 is 1.42. The predicted octanol–water partition coefficient (Wildman–Crippen LogP) is 4.58. The van der Waals surface area contributed by atoms with E-state index < -0.39 is 22.7 Å². The largest absolute Gasteiger partial charge is 0.507 e. The van der Waals surface area contributed by atoms with Crippen LogP contribution in [0.15, 0.2) is 41.3 Å². The molecule has 2 heterocycles. The summed E-state index contributed by atoms with van der Waals surface area (Å²) < 4.78 is 0.